The van der Waals surface area contributed by atoms with Crippen LogP contribution in [-0.4, -0.2) is 9.55 Å². The van der Waals surface area contributed by atoms with E-state index in [1.165, 1.54) is 16.7 Å². The van der Waals surface area contributed by atoms with Gasteiger partial charge < -0.3 is 4.57 Å². The quantitative estimate of drug-likeness (QED) is 0.707. The van der Waals surface area contributed by atoms with E-state index in [0.717, 1.165) is 18.9 Å². The maximum absolute atomic E-state index is 13.6. The van der Waals surface area contributed by atoms with Crippen molar-refractivity contribution in [2.24, 2.45) is 0 Å². The fourth-order valence-electron chi connectivity index (χ4n) is 2.81. The number of nitrogens with zero attached hydrogens (tertiary/aromatic N) is 2. The van der Waals surface area contributed by atoms with E-state index in [1.54, 1.807) is 0 Å². The Labute approximate surface area is 107 Å². The number of hydrogen-bond donors (Lipinski definition) is 0. The van der Waals surface area contributed by atoms with Gasteiger partial charge in [-0.05, 0) is 25.0 Å². The zero-order chi connectivity index (χ0) is 13.6. The van der Waals surface area contributed by atoms with Crippen molar-refractivity contribution in [3.8, 4) is 0 Å². The van der Waals surface area contributed by atoms with Crippen LogP contribution < -0.4 is 0 Å². The first-order valence-electron chi connectivity index (χ1n) is 6.22. The van der Waals surface area contributed by atoms with Crippen LogP contribution in [0.1, 0.15) is 37.5 Å². The summed E-state index contributed by atoms with van der Waals surface area (Å²) in [4.78, 5) is 3.49. The summed E-state index contributed by atoms with van der Waals surface area (Å²) in [7, 11) is 0. The van der Waals surface area contributed by atoms with Crippen molar-refractivity contribution in [1.82, 2.24) is 9.55 Å². The van der Waals surface area contributed by atoms with Crippen LogP contribution in [0, 0.1) is 5.82 Å². The summed E-state index contributed by atoms with van der Waals surface area (Å²) < 4.78 is 54.0. The Balaban J connectivity index is 2.28. The SMILES string of the molecule is Fc1cccc2c1nc(C(F)(F)F)n2C1CCCC1. The molecule has 2 nitrogen and oxygen atoms in total. The number of hydrogen-bond acceptors (Lipinski definition) is 1. The lowest BCUT2D eigenvalue weighted by Crippen LogP contribution is -2.17. The summed E-state index contributed by atoms with van der Waals surface area (Å²) in [5.41, 5.74) is 0.0425. The molecule has 19 heavy (non-hydrogen) atoms. The molecule has 0 atom stereocenters. The molecule has 0 aliphatic heterocycles. The van der Waals surface area contributed by atoms with Gasteiger partial charge in [-0.2, -0.15) is 13.2 Å². The molecule has 1 fully saturated rings. The Kier molecular flexibility index (Phi) is 2.76. The lowest BCUT2D eigenvalue weighted by atomic mass is 10.2. The van der Waals surface area contributed by atoms with Gasteiger partial charge in [0.2, 0.25) is 5.82 Å². The summed E-state index contributed by atoms with van der Waals surface area (Å²) in [6, 6.07) is 3.82. The van der Waals surface area contributed by atoms with Gasteiger partial charge in [0.05, 0.1) is 5.52 Å². The van der Waals surface area contributed by atoms with Gasteiger partial charge in [0.1, 0.15) is 5.52 Å². The molecule has 2 aromatic rings. The lowest BCUT2D eigenvalue weighted by Gasteiger charge is -2.17. The number of aromatic nitrogens is 2. The number of benzene rings is 1. The number of alkyl halides is 3. The fourth-order valence-corrected chi connectivity index (χ4v) is 2.81. The minimum Gasteiger partial charge on any atom is -0.317 e. The highest BCUT2D eigenvalue weighted by atomic mass is 19.4. The van der Waals surface area contributed by atoms with Crippen LogP contribution in [0.3, 0.4) is 0 Å². The van der Waals surface area contributed by atoms with E-state index in [9.17, 15) is 17.6 Å². The second-order valence-corrected chi connectivity index (χ2v) is 4.85. The molecule has 0 unspecified atom stereocenters. The molecule has 1 aromatic carbocycles. The normalized spacial score (nSPS) is 17.5. The van der Waals surface area contributed by atoms with Crippen molar-refractivity contribution < 1.29 is 17.6 Å². The van der Waals surface area contributed by atoms with Crippen molar-refractivity contribution >= 4 is 11.0 Å². The molecule has 6 heteroatoms. The van der Waals surface area contributed by atoms with Crippen molar-refractivity contribution in [3.05, 3.63) is 29.8 Å². The average Bonchev–Trinajstić information content (AvgIpc) is 2.93. The van der Waals surface area contributed by atoms with Crippen molar-refractivity contribution in [2.75, 3.05) is 0 Å². The van der Waals surface area contributed by atoms with Gasteiger partial charge in [0.25, 0.3) is 0 Å². The molecular formula is C13H12F4N2. The molecule has 1 aromatic heterocycles. The molecule has 0 radical (unpaired) electrons. The van der Waals surface area contributed by atoms with Crippen LogP contribution in [0.15, 0.2) is 18.2 Å². The largest absolute Gasteiger partial charge is 0.449 e. The van der Waals surface area contributed by atoms with Gasteiger partial charge in [0.15, 0.2) is 5.82 Å². The van der Waals surface area contributed by atoms with Crippen LogP contribution in [0.25, 0.3) is 11.0 Å². The predicted octanol–water partition coefficient (Wildman–Crippen LogP) is 4.31. The Hall–Kier alpha value is -1.59. The van der Waals surface area contributed by atoms with Crippen molar-refractivity contribution in [3.63, 3.8) is 0 Å². The molecule has 0 saturated heterocycles. The molecule has 1 aliphatic carbocycles. The summed E-state index contributed by atoms with van der Waals surface area (Å²) >= 11 is 0. The van der Waals surface area contributed by atoms with Crippen LogP contribution in [0.4, 0.5) is 17.6 Å². The van der Waals surface area contributed by atoms with Gasteiger partial charge >= 0.3 is 6.18 Å². The zero-order valence-corrected chi connectivity index (χ0v) is 10.0. The minimum absolute atomic E-state index is 0.193. The van der Waals surface area contributed by atoms with E-state index in [4.69, 9.17) is 0 Å². The Morgan fingerprint density at radius 3 is 2.47 bits per heavy atom. The highest BCUT2D eigenvalue weighted by Crippen LogP contribution is 2.39. The first kappa shape index (κ1) is 12.4. The van der Waals surface area contributed by atoms with Crippen LogP contribution >= 0.6 is 0 Å². The topological polar surface area (TPSA) is 17.8 Å². The number of halogens is 4. The highest BCUT2D eigenvalue weighted by Gasteiger charge is 2.40. The van der Waals surface area contributed by atoms with E-state index < -0.39 is 17.8 Å². The standard InChI is InChI=1S/C13H12F4N2/c14-9-6-3-7-10-11(9)18-12(13(15,16)17)19(10)8-4-1-2-5-8/h3,6-8H,1-2,4-5H2. The zero-order valence-electron chi connectivity index (χ0n) is 10.0. The minimum atomic E-state index is -4.56. The Morgan fingerprint density at radius 2 is 1.84 bits per heavy atom. The van der Waals surface area contributed by atoms with Gasteiger partial charge in [-0.15, -0.1) is 0 Å². The monoisotopic (exact) mass is 272 g/mol. The van der Waals surface area contributed by atoms with E-state index in [-0.39, 0.29) is 17.1 Å². The van der Waals surface area contributed by atoms with E-state index in [1.807, 2.05) is 0 Å². The van der Waals surface area contributed by atoms with Crippen LogP contribution in [0.5, 0.6) is 0 Å². The van der Waals surface area contributed by atoms with E-state index in [0.29, 0.717) is 12.8 Å². The first-order valence-corrected chi connectivity index (χ1v) is 6.22. The molecule has 1 aliphatic rings. The highest BCUT2D eigenvalue weighted by molar-refractivity contribution is 5.77. The van der Waals surface area contributed by atoms with Crippen LogP contribution in [0.2, 0.25) is 0 Å². The summed E-state index contributed by atoms with van der Waals surface area (Å²) in [6.45, 7) is 0. The molecule has 0 bridgehead atoms. The average molecular weight is 272 g/mol. The van der Waals surface area contributed by atoms with Crippen molar-refractivity contribution in [1.29, 1.82) is 0 Å². The number of fused-ring (bicyclic) bond motifs is 1. The Morgan fingerprint density at radius 1 is 1.16 bits per heavy atom. The molecule has 0 N–H and O–H groups in total. The van der Waals surface area contributed by atoms with Gasteiger partial charge in [-0.1, -0.05) is 18.9 Å². The van der Waals surface area contributed by atoms with Crippen LogP contribution in [-0.2, 0) is 6.18 Å². The van der Waals surface area contributed by atoms with E-state index >= 15 is 0 Å². The maximum atomic E-state index is 13.6. The summed E-state index contributed by atoms with van der Waals surface area (Å²) in [6.07, 6.45) is -1.39. The van der Waals surface area contributed by atoms with Gasteiger partial charge in [0, 0.05) is 6.04 Å². The summed E-state index contributed by atoms with van der Waals surface area (Å²) in [5, 5.41) is 0. The number of para-hydroxylation sites is 1. The second-order valence-electron chi connectivity index (χ2n) is 4.85. The third kappa shape index (κ3) is 1.99. The predicted molar refractivity (Wildman–Crippen MR) is 62.2 cm³/mol. The van der Waals surface area contributed by atoms with Gasteiger partial charge in [-0.3, -0.25) is 0 Å². The maximum Gasteiger partial charge on any atom is 0.449 e. The molecule has 0 amide bonds. The smallest absolute Gasteiger partial charge is 0.317 e. The lowest BCUT2D eigenvalue weighted by molar-refractivity contribution is -0.147. The third-order valence-electron chi connectivity index (χ3n) is 3.61. The second kappa shape index (κ2) is 4.21. The third-order valence-corrected chi connectivity index (χ3v) is 3.61. The molecular weight excluding hydrogens is 260 g/mol. The number of rotatable bonds is 1. The molecule has 1 saturated carbocycles. The number of imidazole rings is 1. The first-order chi connectivity index (χ1) is 8.98. The molecule has 3 rings (SSSR count). The molecule has 0 spiro atoms. The molecule has 102 valence electrons. The summed E-state index contributed by atoms with van der Waals surface area (Å²) in [5.74, 6) is -1.70. The van der Waals surface area contributed by atoms with E-state index in [2.05, 4.69) is 4.98 Å². The van der Waals surface area contributed by atoms with Gasteiger partial charge in [-0.25, -0.2) is 9.37 Å². The fraction of sp³-hybridized carbons (Fsp3) is 0.462. The molecule has 1 heterocycles. The Bertz CT molecular complexity index is 609. The van der Waals surface area contributed by atoms with Crippen molar-refractivity contribution in [2.45, 2.75) is 37.9 Å².